The number of para-hydroxylation sites is 1. The van der Waals surface area contributed by atoms with Crippen LogP contribution in [0.2, 0.25) is 0 Å². The zero-order valence-corrected chi connectivity index (χ0v) is 9.28. The van der Waals surface area contributed by atoms with Crippen LogP contribution in [-0.2, 0) is 0 Å². The molecule has 3 nitrogen and oxygen atoms in total. The largest absolute Gasteiger partial charge is 0.298 e. The summed E-state index contributed by atoms with van der Waals surface area (Å²) < 4.78 is 0. The molecule has 0 fully saturated rings. The number of fused-ring (bicyclic) bond motifs is 1. The zero-order valence-electron chi connectivity index (χ0n) is 9.28. The molecule has 0 amide bonds. The number of benzene rings is 1. The topological polar surface area (TPSA) is 42.1 Å². The van der Waals surface area contributed by atoms with Gasteiger partial charge in [0.15, 0.2) is 0 Å². The molecule has 0 aliphatic carbocycles. The van der Waals surface area contributed by atoms with Gasteiger partial charge >= 0.3 is 0 Å². The highest BCUT2D eigenvalue weighted by Crippen LogP contribution is 2.23. The van der Waals surface area contributed by atoms with E-state index in [2.05, 4.69) is 37.0 Å². The number of hydrazine groups is 1. The van der Waals surface area contributed by atoms with Gasteiger partial charge in [-0.25, -0.2) is 10.8 Å². The Morgan fingerprint density at radius 2 is 1.93 bits per heavy atom. The van der Waals surface area contributed by atoms with Crippen molar-refractivity contribution < 1.29 is 0 Å². The molecule has 0 unspecified atom stereocenters. The molecule has 2 N–H and O–H groups in total. The van der Waals surface area contributed by atoms with Crippen LogP contribution in [0.4, 0.5) is 5.82 Å². The van der Waals surface area contributed by atoms with Crippen LogP contribution in [0, 0.1) is 13.8 Å². The zero-order chi connectivity index (χ0) is 11.0. The third-order valence-corrected chi connectivity index (χ3v) is 2.60. The van der Waals surface area contributed by atoms with E-state index in [1.54, 1.807) is 12.1 Å². The van der Waals surface area contributed by atoms with Crippen LogP contribution in [0.15, 0.2) is 24.3 Å². The predicted molar refractivity (Wildman–Crippen MR) is 63.8 cm³/mol. The Kier molecular flexibility index (Phi) is 2.32. The number of hydrogen-bond donors (Lipinski definition) is 1. The van der Waals surface area contributed by atoms with Crippen molar-refractivity contribution in [2.45, 2.75) is 13.8 Å². The lowest BCUT2D eigenvalue weighted by molar-refractivity contribution is 0.982. The van der Waals surface area contributed by atoms with Gasteiger partial charge in [-0.2, -0.15) is 0 Å². The van der Waals surface area contributed by atoms with E-state index >= 15 is 0 Å². The second kappa shape index (κ2) is 3.51. The minimum absolute atomic E-state index is 0.800. The summed E-state index contributed by atoms with van der Waals surface area (Å²) in [5.74, 6) is 6.49. The van der Waals surface area contributed by atoms with Gasteiger partial charge in [-0.15, -0.1) is 0 Å². The second-order valence-electron chi connectivity index (χ2n) is 3.88. The molecule has 0 radical (unpaired) electrons. The molecular weight excluding hydrogens is 186 g/mol. The lowest BCUT2D eigenvalue weighted by Gasteiger charge is -2.14. The summed E-state index contributed by atoms with van der Waals surface area (Å²) in [5, 5.41) is 2.74. The highest BCUT2D eigenvalue weighted by Gasteiger charge is 2.05. The van der Waals surface area contributed by atoms with Gasteiger partial charge in [0.2, 0.25) is 0 Å². The molecular formula is C12H15N3. The summed E-state index contributed by atoms with van der Waals surface area (Å²) in [6.07, 6.45) is 0. The summed E-state index contributed by atoms with van der Waals surface area (Å²) in [4.78, 5) is 4.54. The van der Waals surface area contributed by atoms with Gasteiger partial charge in [0.1, 0.15) is 5.82 Å². The van der Waals surface area contributed by atoms with Crippen LogP contribution in [0.1, 0.15) is 11.1 Å². The van der Waals surface area contributed by atoms with Gasteiger partial charge in [0, 0.05) is 12.4 Å². The molecule has 15 heavy (non-hydrogen) atoms. The summed E-state index contributed by atoms with van der Waals surface area (Å²) in [6, 6.07) is 8.21. The van der Waals surface area contributed by atoms with Gasteiger partial charge < -0.3 is 0 Å². The van der Waals surface area contributed by atoms with Crippen molar-refractivity contribution in [3.05, 3.63) is 35.4 Å². The SMILES string of the molecule is Cc1cc(N(C)N)nc2c(C)cccc12. The highest BCUT2D eigenvalue weighted by atomic mass is 15.4. The average Bonchev–Trinajstić information content (AvgIpc) is 2.19. The van der Waals surface area contributed by atoms with E-state index in [-0.39, 0.29) is 0 Å². The smallest absolute Gasteiger partial charge is 0.143 e. The summed E-state index contributed by atoms with van der Waals surface area (Å²) >= 11 is 0. The minimum Gasteiger partial charge on any atom is -0.298 e. The number of pyridine rings is 1. The molecule has 0 aliphatic heterocycles. The Labute approximate surface area is 89.5 Å². The Hall–Kier alpha value is -1.61. The van der Waals surface area contributed by atoms with Gasteiger partial charge in [0.25, 0.3) is 0 Å². The first-order valence-electron chi connectivity index (χ1n) is 4.95. The predicted octanol–water partition coefficient (Wildman–Crippen LogP) is 2.16. The Morgan fingerprint density at radius 1 is 1.20 bits per heavy atom. The molecule has 3 heteroatoms. The Morgan fingerprint density at radius 3 is 2.60 bits per heavy atom. The summed E-state index contributed by atoms with van der Waals surface area (Å²) in [5.41, 5.74) is 3.42. The summed E-state index contributed by atoms with van der Waals surface area (Å²) in [7, 11) is 1.80. The highest BCUT2D eigenvalue weighted by molar-refractivity contribution is 5.86. The molecule has 0 spiro atoms. The maximum atomic E-state index is 5.69. The van der Waals surface area contributed by atoms with Crippen molar-refractivity contribution in [2.24, 2.45) is 5.84 Å². The lowest BCUT2D eigenvalue weighted by atomic mass is 10.1. The van der Waals surface area contributed by atoms with E-state index in [4.69, 9.17) is 5.84 Å². The molecule has 2 rings (SSSR count). The van der Waals surface area contributed by atoms with Crippen molar-refractivity contribution in [1.29, 1.82) is 0 Å². The van der Waals surface area contributed by atoms with Gasteiger partial charge in [-0.3, -0.25) is 5.01 Å². The van der Waals surface area contributed by atoms with Crippen LogP contribution < -0.4 is 10.9 Å². The molecule has 0 saturated carbocycles. The van der Waals surface area contributed by atoms with E-state index in [1.165, 1.54) is 16.5 Å². The third kappa shape index (κ3) is 1.66. The van der Waals surface area contributed by atoms with Gasteiger partial charge in [-0.1, -0.05) is 18.2 Å². The fourth-order valence-corrected chi connectivity index (χ4v) is 1.72. The second-order valence-corrected chi connectivity index (χ2v) is 3.88. The molecule has 1 aromatic carbocycles. The van der Waals surface area contributed by atoms with Crippen molar-refractivity contribution in [1.82, 2.24) is 4.98 Å². The number of anilines is 1. The van der Waals surface area contributed by atoms with Crippen LogP contribution in [0.25, 0.3) is 10.9 Å². The lowest BCUT2D eigenvalue weighted by Crippen LogP contribution is -2.26. The van der Waals surface area contributed by atoms with Crippen molar-refractivity contribution >= 4 is 16.7 Å². The molecule has 0 bridgehead atoms. The first-order chi connectivity index (χ1) is 7.09. The maximum absolute atomic E-state index is 5.69. The molecule has 1 heterocycles. The molecule has 2 aromatic rings. The van der Waals surface area contributed by atoms with Gasteiger partial charge in [-0.05, 0) is 31.0 Å². The van der Waals surface area contributed by atoms with Crippen molar-refractivity contribution in [3.63, 3.8) is 0 Å². The summed E-state index contributed by atoms with van der Waals surface area (Å²) in [6.45, 7) is 4.14. The fourth-order valence-electron chi connectivity index (χ4n) is 1.72. The van der Waals surface area contributed by atoms with E-state index < -0.39 is 0 Å². The number of nitrogens with zero attached hydrogens (tertiary/aromatic N) is 2. The van der Waals surface area contributed by atoms with E-state index in [0.717, 1.165) is 11.3 Å². The van der Waals surface area contributed by atoms with Crippen molar-refractivity contribution in [3.8, 4) is 0 Å². The minimum atomic E-state index is 0.800. The molecule has 78 valence electrons. The van der Waals surface area contributed by atoms with Crippen molar-refractivity contribution in [2.75, 3.05) is 12.1 Å². The maximum Gasteiger partial charge on any atom is 0.143 e. The van der Waals surface area contributed by atoms with Crippen LogP contribution >= 0.6 is 0 Å². The van der Waals surface area contributed by atoms with Gasteiger partial charge in [0.05, 0.1) is 5.52 Å². The molecule has 1 aromatic heterocycles. The van der Waals surface area contributed by atoms with Crippen LogP contribution in [0.5, 0.6) is 0 Å². The average molecular weight is 201 g/mol. The van der Waals surface area contributed by atoms with E-state index in [1.807, 2.05) is 6.07 Å². The van der Waals surface area contributed by atoms with E-state index in [0.29, 0.717) is 0 Å². The molecule has 0 saturated heterocycles. The Balaban J connectivity index is 2.80. The first kappa shape index (κ1) is 9.93. The number of aryl methyl sites for hydroxylation is 2. The fraction of sp³-hybridized carbons (Fsp3) is 0.250. The number of aromatic nitrogens is 1. The molecule has 0 atom stereocenters. The normalized spacial score (nSPS) is 10.7. The number of rotatable bonds is 1. The van der Waals surface area contributed by atoms with E-state index in [9.17, 15) is 0 Å². The number of hydrogen-bond acceptors (Lipinski definition) is 3. The van der Waals surface area contributed by atoms with Crippen LogP contribution in [-0.4, -0.2) is 12.0 Å². The Bertz CT molecular complexity index is 503. The molecule has 0 aliphatic rings. The monoisotopic (exact) mass is 201 g/mol. The third-order valence-electron chi connectivity index (χ3n) is 2.60. The standard InChI is InChI=1S/C12H15N3/c1-8-5-4-6-10-9(2)7-11(15(3)13)14-12(8)10/h4-7H,13H2,1-3H3. The quantitative estimate of drug-likeness (QED) is 0.568. The number of nitrogens with two attached hydrogens (primary N) is 1. The van der Waals surface area contributed by atoms with Crippen LogP contribution in [0.3, 0.4) is 0 Å². The first-order valence-corrected chi connectivity index (χ1v) is 4.95.